The predicted octanol–water partition coefficient (Wildman–Crippen LogP) is 2.30. The van der Waals surface area contributed by atoms with Crippen molar-refractivity contribution < 1.29 is 18.9 Å². The van der Waals surface area contributed by atoms with Crippen molar-refractivity contribution in [2.75, 3.05) is 19.8 Å². The summed E-state index contributed by atoms with van der Waals surface area (Å²) in [6.45, 7) is 1.56. The third kappa shape index (κ3) is 2.33. The van der Waals surface area contributed by atoms with Gasteiger partial charge in [0, 0.05) is 0 Å². The van der Waals surface area contributed by atoms with E-state index in [9.17, 15) is 0 Å². The molecule has 2 heterocycles. The van der Waals surface area contributed by atoms with Gasteiger partial charge in [-0.3, -0.25) is 0 Å². The summed E-state index contributed by atoms with van der Waals surface area (Å²) in [4.78, 5) is 0. The molecule has 2 unspecified atom stereocenters. The zero-order valence-electron chi connectivity index (χ0n) is 12.0. The minimum absolute atomic E-state index is 0.238. The van der Waals surface area contributed by atoms with Crippen LogP contribution >= 0.6 is 0 Å². The Morgan fingerprint density at radius 2 is 1.59 bits per heavy atom. The molecule has 2 aromatic carbocycles. The van der Waals surface area contributed by atoms with Gasteiger partial charge in [0.1, 0.15) is 19.8 Å². The second kappa shape index (κ2) is 5.42. The molecule has 0 aromatic heterocycles. The van der Waals surface area contributed by atoms with Gasteiger partial charge in [-0.2, -0.15) is 0 Å². The molecule has 2 aliphatic rings. The van der Waals surface area contributed by atoms with E-state index < -0.39 is 0 Å². The SMILES string of the molecule is NC(c1ccc2c(c1)OCCO2)C1COc2ccccc2O1. The van der Waals surface area contributed by atoms with Crippen LogP contribution in [0.1, 0.15) is 11.6 Å². The van der Waals surface area contributed by atoms with E-state index in [4.69, 9.17) is 24.7 Å². The van der Waals surface area contributed by atoms with Crippen LogP contribution in [-0.2, 0) is 0 Å². The third-order valence-corrected chi connectivity index (χ3v) is 3.88. The number of para-hydroxylation sites is 2. The zero-order chi connectivity index (χ0) is 14.9. The molecule has 0 radical (unpaired) electrons. The highest BCUT2D eigenvalue weighted by Gasteiger charge is 2.28. The first-order valence-corrected chi connectivity index (χ1v) is 7.35. The molecule has 5 nitrogen and oxygen atoms in total. The lowest BCUT2D eigenvalue weighted by molar-refractivity contribution is 0.0719. The van der Waals surface area contributed by atoms with Gasteiger partial charge in [0.15, 0.2) is 29.1 Å². The van der Waals surface area contributed by atoms with E-state index in [1.165, 1.54) is 0 Å². The minimum Gasteiger partial charge on any atom is -0.486 e. The monoisotopic (exact) mass is 299 g/mol. The molecular formula is C17H17NO4. The van der Waals surface area contributed by atoms with Crippen molar-refractivity contribution in [3.63, 3.8) is 0 Å². The molecule has 0 saturated heterocycles. The topological polar surface area (TPSA) is 62.9 Å². The van der Waals surface area contributed by atoms with Gasteiger partial charge in [-0.1, -0.05) is 18.2 Å². The van der Waals surface area contributed by atoms with E-state index in [0.29, 0.717) is 19.8 Å². The lowest BCUT2D eigenvalue weighted by atomic mass is 10.0. The Morgan fingerprint density at radius 1 is 0.864 bits per heavy atom. The van der Waals surface area contributed by atoms with Gasteiger partial charge < -0.3 is 24.7 Å². The van der Waals surface area contributed by atoms with Crippen LogP contribution in [0, 0.1) is 0 Å². The van der Waals surface area contributed by atoms with Gasteiger partial charge in [0.2, 0.25) is 0 Å². The van der Waals surface area contributed by atoms with E-state index in [-0.39, 0.29) is 12.1 Å². The van der Waals surface area contributed by atoms with Crippen molar-refractivity contribution in [3.05, 3.63) is 48.0 Å². The molecule has 2 N–H and O–H groups in total. The highest BCUT2D eigenvalue weighted by molar-refractivity contribution is 5.45. The number of ether oxygens (including phenoxy) is 4. The summed E-state index contributed by atoms with van der Waals surface area (Å²) in [7, 11) is 0. The second-order valence-corrected chi connectivity index (χ2v) is 5.34. The van der Waals surface area contributed by atoms with Crippen molar-refractivity contribution in [2.24, 2.45) is 5.73 Å². The second-order valence-electron chi connectivity index (χ2n) is 5.34. The average molecular weight is 299 g/mol. The largest absolute Gasteiger partial charge is 0.486 e. The van der Waals surface area contributed by atoms with Crippen LogP contribution in [0.15, 0.2) is 42.5 Å². The van der Waals surface area contributed by atoms with Gasteiger partial charge in [-0.15, -0.1) is 0 Å². The molecule has 22 heavy (non-hydrogen) atoms. The summed E-state index contributed by atoms with van der Waals surface area (Å²) in [6.07, 6.45) is -0.238. The van der Waals surface area contributed by atoms with E-state index in [1.807, 2.05) is 42.5 Å². The number of hydrogen-bond acceptors (Lipinski definition) is 5. The van der Waals surface area contributed by atoms with Gasteiger partial charge in [-0.25, -0.2) is 0 Å². The standard InChI is InChI=1S/C17H17NO4/c18-17(11-5-6-13-15(9-11)20-8-7-19-13)16-10-21-12-3-1-2-4-14(12)22-16/h1-6,9,16-17H,7-8,10,18H2. The van der Waals surface area contributed by atoms with Crippen LogP contribution in [0.4, 0.5) is 0 Å². The van der Waals surface area contributed by atoms with E-state index in [1.54, 1.807) is 0 Å². The predicted molar refractivity (Wildman–Crippen MR) is 80.7 cm³/mol. The zero-order valence-corrected chi connectivity index (χ0v) is 12.0. The van der Waals surface area contributed by atoms with Gasteiger partial charge >= 0.3 is 0 Å². The molecule has 0 amide bonds. The highest BCUT2D eigenvalue weighted by atomic mass is 16.6. The third-order valence-electron chi connectivity index (χ3n) is 3.88. The number of hydrogen-bond donors (Lipinski definition) is 1. The van der Waals surface area contributed by atoms with Gasteiger partial charge in [0.25, 0.3) is 0 Å². The molecule has 0 saturated carbocycles. The van der Waals surface area contributed by atoms with Crippen LogP contribution < -0.4 is 24.7 Å². The first kappa shape index (κ1) is 13.3. The summed E-state index contributed by atoms with van der Waals surface area (Å²) < 4.78 is 22.8. The molecule has 0 fully saturated rings. The molecule has 4 rings (SSSR count). The normalized spacial score (nSPS) is 20.3. The van der Waals surface area contributed by atoms with Crippen LogP contribution in [0.25, 0.3) is 0 Å². The van der Waals surface area contributed by atoms with Crippen LogP contribution in [-0.4, -0.2) is 25.9 Å². The molecular weight excluding hydrogens is 282 g/mol. The number of rotatable bonds is 2. The summed E-state index contributed by atoms with van der Waals surface area (Å²) in [5, 5.41) is 0. The average Bonchev–Trinajstić information content (AvgIpc) is 2.60. The van der Waals surface area contributed by atoms with Crippen molar-refractivity contribution in [1.29, 1.82) is 0 Å². The van der Waals surface area contributed by atoms with Crippen LogP contribution in [0.2, 0.25) is 0 Å². The lowest BCUT2D eigenvalue weighted by Crippen LogP contribution is -2.39. The summed E-state index contributed by atoms with van der Waals surface area (Å²) in [5.74, 6) is 2.98. The fourth-order valence-electron chi connectivity index (χ4n) is 2.69. The molecule has 2 atom stereocenters. The van der Waals surface area contributed by atoms with E-state index >= 15 is 0 Å². The minimum atomic E-state index is -0.302. The Morgan fingerprint density at radius 3 is 2.45 bits per heavy atom. The van der Waals surface area contributed by atoms with E-state index in [0.717, 1.165) is 28.6 Å². The molecule has 0 aliphatic carbocycles. The summed E-state index contributed by atoms with van der Waals surface area (Å²) in [6, 6.07) is 13.1. The Labute approximate surface area is 128 Å². The maximum atomic E-state index is 6.36. The van der Waals surface area contributed by atoms with Crippen LogP contribution in [0.5, 0.6) is 23.0 Å². The van der Waals surface area contributed by atoms with Crippen LogP contribution in [0.3, 0.4) is 0 Å². The maximum absolute atomic E-state index is 6.36. The van der Waals surface area contributed by atoms with Crippen molar-refractivity contribution in [2.45, 2.75) is 12.1 Å². The quantitative estimate of drug-likeness (QED) is 0.922. The first-order valence-electron chi connectivity index (χ1n) is 7.35. The molecule has 0 bridgehead atoms. The smallest absolute Gasteiger partial charge is 0.161 e. The Hall–Kier alpha value is -2.40. The maximum Gasteiger partial charge on any atom is 0.161 e. The van der Waals surface area contributed by atoms with Gasteiger partial charge in [0.05, 0.1) is 6.04 Å². The molecule has 5 heteroatoms. The Kier molecular flexibility index (Phi) is 3.27. The highest BCUT2D eigenvalue weighted by Crippen LogP contribution is 2.36. The van der Waals surface area contributed by atoms with E-state index in [2.05, 4.69) is 0 Å². The fourth-order valence-corrected chi connectivity index (χ4v) is 2.69. The van der Waals surface area contributed by atoms with Crippen molar-refractivity contribution >= 4 is 0 Å². The van der Waals surface area contributed by atoms with Gasteiger partial charge in [-0.05, 0) is 29.8 Å². The lowest BCUT2D eigenvalue weighted by Gasteiger charge is -2.31. The molecule has 2 aromatic rings. The Balaban J connectivity index is 1.56. The summed E-state index contributed by atoms with van der Waals surface area (Å²) >= 11 is 0. The number of benzene rings is 2. The fraction of sp³-hybridized carbons (Fsp3) is 0.294. The molecule has 0 spiro atoms. The molecule has 2 aliphatic heterocycles. The number of nitrogens with two attached hydrogens (primary N) is 1. The van der Waals surface area contributed by atoms with Crippen molar-refractivity contribution in [1.82, 2.24) is 0 Å². The van der Waals surface area contributed by atoms with Crippen molar-refractivity contribution in [3.8, 4) is 23.0 Å². The molecule has 114 valence electrons. The number of fused-ring (bicyclic) bond motifs is 2. The summed E-state index contributed by atoms with van der Waals surface area (Å²) in [5.41, 5.74) is 7.30. The Bertz CT molecular complexity index is 688. The first-order chi connectivity index (χ1) is 10.8.